The molecule has 21 heavy (non-hydrogen) atoms. The minimum absolute atomic E-state index is 0.0397. The first-order valence-electron chi connectivity index (χ1n) is 6.12. The number of benzene rings is 1. The molecule has 1 aromatic carbocycles. The predicted molar refractivity (Wildman–Crippen MR) is 77.9 cm³/mol. The van der Waals surface area contributed by atoms with Crippen LogP contribution in [0.25, 0.3) is 0 Å². The first-order chi connectivity index (χ1) is 9.90. The Balaban J connectivity index is 2.44. The summed E-state index contributed by atoms with van der Waals surface area (Å²) in [6.07, 6.45) is 2.96. The number of ether oxygens (including phenoxy) is 1. The second-order valence-corrected chi connectivity index (χ2v) is 4.55. The number of nitro benzene ring substituents is 1. The number of amidine groups is 1. The summed E-state index contributed by atoms with van der Waals surface area (Å²) >= 11 is 0. The molecule has 3 N–H and O–H groups in total. The number of nitrogen functional groups attached to an aromatic ring is 1. The SMILES string of the molecule is Cc1cc([N+](=O)[O-])c(C)cc1Oc1cnccc1C(=N)N. The maximum absolute atomic E-state index is 10.9. The van der Waals surface area contributed by atoms with Crippen LogP contribution in [0.15, 0.2) is 30.6 Å². The summed E-state index contributed by atoms with van der Waals surface area (Å²) < 4.78 is 5.71. The van der Waals surface area contributed by atoms with E-state index in [9.17, 15) is 10.1 Å². The first kappa shape index (κ1) is 14.4. The molecule has 0 unspecified atom stereocenters. The molecule has 7 heteroatoms. The number of rotatable bonds is 4. The molecule has 0 radical (unpaired) electrons. The third kappa shape index (κ3) is 2.97. The minimum Gasteiger partial charge on any atom is -0.455 e. The zero-order valence-electron chi connectivity index (χ0n) is 11.6. The highest BCUT2D eigenvalue weighted by Gasteiger charge is 2.16. The fourth-order valence-corrected chi connectivity index (χ4v) is 1.88. The van der Waals surface area contributed by atoms with Gasteiger partial charge in [0.25, 0.3) is 5.69 Å². The topological polar surface area (TPSA) is 115 Å². The van der Waals surface area contributed by atoms with Crippen molar-refractivity contribution < 1.29 is 9.66 Å². The van der Waals surface area contributed by atoms with Crippen LogP contribution >= 0.6 is 0 Å². The van der Waals surface area contributed by atoms with Gasteiger partial charge in [-0.25, -0.2) is 0 Å². The van der Waals surface area contributed by atoms with E-state index in [0.717, 1.165) is 0 Å². The van der Waals surface area contributed by atoms with Gasteiger partial charge >= 0.3 is 0 Å². The van der Waals surface area contributed by atoms with Crippen molar-refractivity contribution >= 4 is 11.5 Å². The Hall–Kier alpha value is -2.96. The number of nitrogens with one attached hydrogen (secondary N) is 1. The molecule has 0 aliphatic rings. The Morgan fingerprint density at radius 1 is 1.33 bits per heavy atom. The van der Waals surface area contributed by atoms with Gasteiger partial charge in [-0.05, 0) is 31.5 Å². The third-order valence-electron chi connectivity index (χ3n) is 2.98. The number of nitro groups is 1. The summed E-state index contributed by atoms with van der Waals surface area (Å²) in [6.45, 7) is 3.35. The lowest BCUT2D eigenvalue weighted by molar-refractivity contribution is -0.385. The number of pyridine rings is 1. The van der Waals surface area contributed by atoms with Crippen LogP contribution in [0.5, 0.6) is 11.5 Å². The van der Waals surface area contributed by atoms with Crippen molar-refractivity contribution in [1.29, 1.82) is 5.41 Å². The van der Waals surface area contributed by atoms with E-state index in [-0.39, 0.29) is 11.5 Å². The molecule has 2 aromatic rings. The van der Waals surface area contributed by atoms with Crippen LogP contribution in [0.4, 0.5) is 5.69 Å². The van der Waals surface area contributed by atoms with Gasteiger partial charge in [-0.2, -0.15) is 0 Å². The van der Waals surface area contributed by atoms with Gasteiger partial charge < -0.3 is 10.5 Å². The standard InChI is InChI=1S/C14H14N4O3/c1-8-6-12(9(2)5-11(8)18(19)20)21-13-7-17-4-3-10(13)14(15)16/h3-7H,1-2H3,(H3,15,16). The highest BCUT2D eigenvalue weighted by Crippen LogP contribution is 2.32. The molecule has 0 spiro atoms. The van der Waals surface area contributed by atoms with E-state index in [1.54, 1.807) is 26.0 Å². The van der Waals surface area contributed by atoms with Crippen molar-refractivity contribution in [3.63, 3.8) is 0 Å². The van der Waals surface area contributed by atoms with E-state index in [1.807, 2.05) is 0 Å². The molecule has 0 bridgehead atoms. The van der Waals surface area contributed by atoms with Crippen molar-refractivity contribution in [3.8, 4) is 11.5 Å². The van der Waals surface area contributed by atoms with Gasteiger partial charge in [0.05, 0.1) is 16.7 Å². The highest BCUT2D eigenvalue weighted by molar-refractivity contribution is 5.97. The van der Waals surface area contributed by atoms with Crippen LogP contribution in [0.2, 0.25) is 0 Å². The van der Waals surface area contributed by atoms with Crippen molar-refractivity contribution in [1.82, 2.24) is 4.98 Å². The second kappa shape index (κ2) is 5.58. The smallest absolute Gasteiger partial charge is 0.272 e. The van der Waals surface area contributed by atoms with E-state index in [1.165, 1.54) is 18.5 Å². The van der Waals surface area contributed by atoms with Gasteiger partial charge in [0.1, 0.15) is 11.6 Å². The van der Waals surface area contributed by atoms with Crippen LogP contribution in [-0.4, -0.2) is 15.7 Å². The number of hydrogen-bond donors (Lipinski definition) is 2. The lowest BCUT2D eigenvalue weighted by Crippen LogP contribution is -2.12. The van der Waals surface area contributed by atoms with Crippen molar-refractivity contribution in [2.45, 2.75) is 13.8 Å². The molecule has 0 saturated carbocycles. The van der Waals surface area contributed by atoms with Crippen molar-refractivity contribution in [2.24, 2.45) is 5.73 Å². The second-order valence-electron chi connectivity index (χ2n) is 4.55. The number of nitrogens with zero attached hydrogens (tertiary/aromatic N) is 2. The van der Waals surface area contributed by atoms with Gasteiger partial charge in [0.15, 0.2) is 5.75 Å². The fraction of sp³-hybridized carbons (Fsp3) is 0.143. The van der Waals surface area contributed by atoms with Crippen LogP contribution in [-0.2, 0) is 0 Å². The summed E-state index contributed by atoms with van der Waals surface area (Å²) in [4.78, 5) is 14.4. The molecule has 0 fully saturated rings. The summed E-state index contributed by atoms with van der Waals surface area (Å²) in [6, 6.07) is 4.62. The summed E-state index contributed by atoms with van der Waals surface area (Å²) in [5.41, 5.74) is 7.05. The number of hydrogen-bond acceptors (Lipinski definition) is 5. The quantitative estimate of drug-likeness (QED) is 0.388. The monoisotopic (exact) mass is 286 g/mol. The molecule has 0 amide bonds. The fourth-order valence-electron chi connectivity index (χ4n) is 1.88. The molecule has 108 valence electrons. The normalized spacial score (nSPS) is 10.2. The molecule has 0 aliphatic carbocycles. The lowest BCUT2D eigenvalue weighted by atomic mass is 10.1. The summed E-state index contributed by atoms with van der Waals surface area (Å²) in [5, 5.41) is 18.4. The van der Waals surface area contributed by atoms with Gasteiger partial charge in [0.2, 0.25) is 0 Å². The van der Waals surface area contributed by atoms with Crippen LogP contribution < -0.4 is 10.5 Å². The van der Waals surface area contributed by atoms with Gasteiger partial charge in [0, 0.05) is 17.8 Å². The molecule has 1 heterocycles. The van der Waals surface area contributed by atoms with Crippen molar-refractivity contribution in [3.05, 3.63) is 57.4 Å². The van der Waals surface area contributed by atoms with Crippen LogP contribution in [0, 0.1) is 29.4 Å². The molecule has 1 aromatic heterocycles. The van der Waals surface area contributed by atoms with Gasteiger partial charge in [-0.15, -0.1) is 0 Å². The zero-order valence-corrected chi connectivity index (χ0v) is 11.6. The highest BCUT2D eigenvalue weighted by atomic mass is 16.6. The minimum atomic E-state index is -0.433. The number of aryl methyl sites for hydroxylation is 2. The largest absolute Gasteiger partial charge is 0.455 e. The average Bonchev–Trinajstić information content (AvgIpc) is 2.42. The molecule has 0 atom stereocenters. The Morgan fingerprint density at radius 2 is 2.05 bits per heavy atom. The van der Waals surface area contributed by atoms with Gasteiger partial charge in [-0.1, -0.05) is 0 Å². The number of aromatic nitrogens is 1. The maximum atomic E-state index is 10.9. The third-order valence-corrected chi connectivity index (χ3v) is 2.98. The molecule has 0 saturated heterocycles. The zero-order chi connectivity index (χ0) is 15.6. The van der Waals surface area contributed by atoms with E-state index >= 15 is 0 Å². The summed E-state index contributed by atoms with van der Waals surface area (Å²) in [5.74, 6) is 0.665. The van der Waals surface area contributed by atoms with E-state index < -0.39 is 4.92 Å². The van der Waals surface area contributed by atoms with Crippen LogP contribution in [0.3, 0.4) is 0 Å². The molecular weight excluding hydrogens is 272 g/mol. The van der Waals surface area contributed by atoms with Gasteiger partial charge in [-0.3, -0.25) is 20.5 Å². The average molecular weight is 286 g/mol. The Morgan fingerprint density at radius 3 is 2.67 bits per heavy atom. The molecule has 7 nitrogen and oxygen atoms in total. The van der Waals surface area contributed by atoms with E-state index in [4.69, 9.17) is 15.9 Å². The predicted octanol–water partition coefficient (Wildman–Crippen LogP) is 2.68. The Bertz CT molecular complexity index is 728. The Kier molecular flexibility index (Phi) is 3.84. The number of nitrogens with two attached hydrogens (primary N) is 1. The molecule has 0 aliphatic heterocycles. The van der Waals surface area contributed by atoms with E-state index in [2.05, 4.69) is 4.98 Å². The lowest BCUT2D eigenvalue weighted by Gasteiger charge is -2.12. The van der Waals surface area contributed by atoms with Crippen molar-refractivity contribution in [2.75, 3.05) is 0 Å². The maximum Gasteiger partial charge on any atom is 0.272 e. The van der Waals surface area contributed by atoms with Crippen LogP contribution in [0.1, 0.15) is 16.7 Å². The first-order valence-corrected chi connectivity index (χ1v) is 6.12. The molecular formula is C14H14N4O3. The summed E-state index contributed by atoms with van der Waals surface area (Å²) in [7, 11) is 0. The van der Waals surface area contributed by atoms with E-state index in [0.29, 0.717) is 28.2 Å². The Labute approximate surface area is 121 Å². The molecule has 2 rings (SSSR count).